The molecule has 0 unspecified atom stereocenters. The number of rotatable bonds is 5. The maximum absolute atomic E-state index is 6.16. The molecule has 2 nitrogen and oxygen atoms in total. The zero-order chi connectivity index (χ0) is 13.0. The first kappa shape index (κ1) is 13.4. The van der Waals surface area contributed by atoms with Crippen molar-refractivity contribution < 1.29 is 4.74 Å². The molecule has 4 heteroatoms. The molecule has 1 aromatic heterocycles. The molecule has 1 aromatic carbocycles. The highest BCUT2D eigenvalue weighted by atomic mass is 35.5. The van der Waals surface area contributed by atoms with Gasteiger partial charge >= 0.3 is 0 Å². The minimum Gasteiger partial charge on any atom is -0.492 e. The first-order valence-corrected chi connectivity index (χ1v) is 7.13. The number of halogens is 1. The van der Waals surface area contributed by atoms with Crippen molar-refractivity contribution in [3.05, 3.63) is 51.2 Å². The van der Waals surface area contributed by atoms with Crippen molar-refractivity contribution in [2.75, 3.05) is 6.61 Å². The molecule has 18 heavy (non-hydrogen) atoms. The molecular weight excluding hydrogens is 266 g/mol. The lowest BCUT2D eigenvalue weighted by molar-refractivity contribution is 0.323. The van der Waals surface area contributed by atoms with Gasteiger partial charge < -0.3 is 10.5 Å². The Bertz CT molecular complexity index is 497. The van der Waals surface area contributed by atoms with Crippen molar-refractivity contribution in [2.45, 2.75) is 19.4 Å². The third-order valence-corrected chi connectivity index (χ3v) is 3.90. The van der Waals surface area contributed by atoms with Crippen LogP contribution in [-0.4, -0.2) is 6.61 Å². The summed E-state index contributed by atoms with van der Waals surface area (Å²) in [4.78, 5) is 1.32. The van der Waals surface area contributed by atoms with Crippen LogP contribution in [0.1, 0.15) is 23.4 Å². The van der Waals surface area contributed by atoms with Gasteiger partial charge in [0, 0.05) is 17.3 Å². The van der Waals surface area contributed by atoms with E-state index in [1.165, 1.54) is 4.88 Å². The largest absolute Gasteiger partial charge is 0.492 e. The summed E-state index contributed by atoms with van der Waals surface area (Å²) in [6.07, 6.45) is 0.906. The van der Waals surface area contributed by atoms with Crippen LogP contribution in [0.15, 0.2) is 35.7 Å². The predicted octanol–water partition coefficient (Wildman–Crippen LogP) is 4.04. The van der Waals surface area contributed by atoms with Gasteiger partial charge in [0.15, 0.2) is 0 Å². The molecule has 0 radical (unpaired) electrons. The molecule has 1 atom stereocenters. The molecule has 2 N–H and O–H groups in total. The Morgan fingerprint density at radius 3 is 2.83 bits per heavy atom. The van der Waals surface area contributed by atoms with Gasteiger partial charge in [0.2, 0.25) is 0 Å². The standard InChI is InChI=1S/C14H16ClNOS/c1-10(16)11-4-5-14(13(15)9-11)17-7-6-12-3-2-8-18-12/h2-5,8-10H,6-7,16H2,1H3/t10-/m0/s1. The lowest BCUT2D eigenvalue weighted by Crippen LogP contribution is -2.05. The SMILES string of the molecule is C[C@H](N)c1ccc(OCCc2cccs2)c(Cl)c1. The normalized spacial score (nSPS) is 12.4. The highest BCUT2D eigenvalue weighted by Crippen LogP contribution is 2.27. The summed E-state index contributed by atoms with van der Waals surface area (Å²) in [5, 5.41) is 2.69. The van der Waals surface area contributed by atoms with Gasteiger partial charge in [0.05, 0.1) is 11.6 Å². The topological polar surface area (TPSA) is 35.2 Å². The van der Waals surface area contributed by atoms with Gasteiger partial charge in [-0.1, -0.05) is 23.7 Å². The summed E-state index contributed by atoms with van der Waals surface area (Å²) in [5.74, 6) is 0.720. The molecule has 1 heterocycles. The first-order valence-electron chi connectivity index (χ1n) is 5.87. The molecule has 0 saturated heterocycles. The molecule has 0 aliphatic heterocycles. The number of hydrogen-bond donors (Lipinski definition) is 1. The third-order valence-electron chi connectivity index (χ3n) is 2.67. The Kier molecular flexibility index (Phi) is 4.64. The molecule has 2 rings (SSSR count). The highest BCUT2D eigenvalue weighted by molar-refractivity contribution is 7.09. The maximum atomic E-state index is 6.16. The minimum absolute atomic E-state index is 0.0114. The van der Waals surface area contributed by atoms with Crippen LogP contribution in [0, 0.1) is 0 Å². The van der Waals surface area contributed by atoms with E-state index in [9.17, 15) is 0 Å². The van der Waals surface area contributed by atoms with Crippen LogP contribution in [-0.2, 0) is 6.42 Å². The number of thiophene rings is 1. The first-order chi connectivity index (χ1) is 8.66. The van der Waals surface area contributed by atoms with Crippen molar-refractivity contribution in [3.8, 4) is 5.75 Å². The van der Waals surface area contributed by atoms with Gasteiger partial charge in [-0.05, 0) is 36.1 Å². The molecule has 96 valence electrons. The van der Waals surface area contributed by atoms with Crippen molar-refractivity contribution in [1.82, 2.24) is 0 Å². The number of nitrogens with two attached hydrogens (primary N) is 1. The number of ether oxygens (including phenoxy) is 1. The number of hydrogen-bond acceptors (Lipinski definition) is 3. The van der Waals surface area contributed by atoms with E-state index < -0.39 is 0 Å². The third kappa shape index (κ3) is 3.48. The van der Waals surface area contributed by atoms with E-state index >= 15 is 0 Å². The zero-order valence-corrected chi connectivity index (χ0v) is 11.8. The maximum Gasteiger partial charge on any atom is 0.137 e. The Morgan fingerprint density at radius 2 is 2.22 bits per heavy atom. The molecule has 0 aliphatic rings. The van der Waals surface area contributed by atoms with Gasteiger partial charge in [-0.2, -0.15) is 0 Å². The lowest BCUT2D eigenvalue weighted by atomic mass is 10.1. The fourth-order valence-electron chi connectivity index (χ4n) is 1.63. The van der Waals surface area contributed by atoms with Gasteiger partial charge in [0.25, 0.3) is 0 Å². The molecule has 0 bridgehead atoms. The van der Waals surface area contributed by atoms with Crippen LogP contribution < -0.4 is 10.5 Å². The van der Waals surface area contributed by atoms with Gasteiger partial charge in [-0.25, -0.2) is 0 Å². The Morgan fingerprint density at radius 1 is 1.39 bits per heavy atom. The van der Waals surface area contributed by atoms with E-state index in [1.54, 1.807) is 11.3 Å². The molecular formula is C14H16ClNOS. The van der Waals surface area contributed by atoms with E-state index in [4.69, 9.17) is 22.1 Å². The van der Waals surface area contributed by atoms with E-state index in [1.807, 2.05) is 31.2 Å². The zero-order valence-electron chi connectivity index (χ0n) is 10.2. The van der Waals surface area contributed by atoms with Crippen LogP contribution in [0.3, 0.4) is 0 Å². The second-order valence-corrected chi connectivity index (χ2v) is 5.60. The Labute approximate surface area is 116 Å². The van der Waals surface area contributed by atoms with E-state index in [2.05, 4.69) is 11.4 Å². The summed E-state index contributed by atoms with van der Waals surface area (Å²) in [6, 6.07) is 9.85. The van der Waals surface area contributed by atoms with E-state index in [0.29, 0.717) is 11.6 Å². The predicted molar refractivity (Wildman–Crippen MR) is 77.6 cm³/mol. The van der Waals surface area contributed by atoms with E-state index in [0.717, 1.165) is 17.7 Å². The number of benzene rings is 1. The molecule has 0 fully saturated rings. The van der Waals surface area contributed by atoms with Crippen molar-refractivity contribution in [1.29, 1.82) is 0 Å². The molecule has 0 spiro atoms. The molecule has 0 aliphatic carbocycles. The minimum atomic E-state index is -0.0114. The van der Waals surface area contributed by atoms with Crippen LogP contribution in [0.5, 0.6) is 5.75 Å². The fraction of sp³-hybridized carbons (Fsp3) is 0.286. The lowest BCUT2D eigenvalue weighted by Gasteiger charge is -2.10. The van der Waals surface area contributed by atoms with Gasteiger partial charge in [0.1, 0.15) is 5.75 Å². The van der Waals surface area contributed by atoms with Crippen LogP contribution in [0.2, 0.25) is 5.02 Å². The monoisotopic (exact) mass is 281 g/mol. The highest BCUT2D eigenvalue weighted by Gasteiger charge is 2.06. The van der Waals surface area contributed by atoms with Gasteiger partial charge in [-0.3, -0.25) is 0 Å². The average Bonchev–Trinajstić information content (AvgIpc) is 2.84. The van der Waals surface area contributed by atoms with Crippen molar-refractivity contribution in [3.63, 3.8) is 0 Å². The summed E-state index contributed by atoms with van der Waals surface area (Å²) in [5.41, 5.74) is 6.82. The second-order valence-electron chi connectivity index (χ2n) is 4.16. The Balaban J connectivity index is 1.93. The smallest absolute Gasteiger partial charge is 0.137 e. The summed E-state index contributed by atoms with van der Waals surface area (Å²) in [6.45, 7) is 2.57. The molecule has 0 saturated carbocycles. The van der Waals surface area contributed by atoms with Crippen LogP contribution in [0.4, 0.5) is 0 Å². The molecule has 0 amide bonds. The van der Waals surface area contributed by atoms with Crippen molar-refractivity contribution >= 4 is 22.9 Å². The van der Waals surface area contributed by atoms with Gasteiger partial charge in [-0.15, -0.1) is 11.3 Å². The summed E-state index contributed by atoms with van der Waals surface area (Å²) in [7, 11) is 0. The molecule has 2 aromatic rings. The van der Waals surface area contributed by atoms with Crippen molar-refractivity contribution in [2.24, 2.45) is 5.73 Å². The van der Waals surface area contributed by atoms with Crippen LogP contribution >= 0.6 is 22.9 Å². The Hall–Kier alpha value is -1.03. The van der Waals surface area contributed by atoms with E-state index in [-0.39, 0.29) is 6.04 Å². The fourth-order valence-corrected chi connectivity index (χ4v) is 2.57. The van der Waals surface area contributed by atoms with Crippen LogP contribution in [0.25, 0.3) is 0 Å². The average molecular weight is 282 g/mol. The quantitative estimate of drug-likeness (QED) is 0.898. The summed E-state index contributed by atoms with van der Waals surface area (Å²) < 4.78 is 5.68. The summed E-state index contributed by atoms with van der Waals surface area (Å²) >= 11 is 7.90. The second kappa shape index (κ2) is 6.23.